The lowest BCUT2D eigenvalue weighted by atomic mass is 9.82. The van der Waals surface area contributed by atoms with Crippen molar-refractivity contribution in [1.82, 2.24) is 4.90 Å². The molecule has 1 saturated heterocycles. The van der Waals surface area contributed by atoms with E-state index in [1.54, 1.807) is 0 Å². The third-order valence-electron chi connectivity index (χ3n) is 5.14. The molecular formula is C22H27NO2. The van der Waals surface area contributed by atoms with Crippen molar-refractivity contribution in [3.63, 3.8) is 0 Å². The number of piperidine rings is 1. The fraction of sp³-hybridized carbons (Fsp3) is 0.409. The van der Waals surface area contributed by atoms with E-state index >= 15 is 0 Å². The number of nitrogens with zero attached hydrogens (tertiary/aromatic N) is 1. The fourth-order valence-corrected chi connectivity index (χ4v) is 3.68. The zero-order chi connectivity index (χ0) is 17.5. The molecule has 3 rings (SSSR count). The molecule has 0 aliphatic carbocycles. The molecule has 0 spiro atoms. The van der Waals surface area contributed by atoms with Gasteiger partial charge in [0.1, 0.15) is 5.60 Å². The summed E-state index contributed by atoms with van der Waals surface area (Å²) in [4.78, 5) is 14.4. The molecule has 0 saturated carbocycles. The van der Waals surface area contributed by atoms with Crippen LogP contribution in [0, 0.1) is 0 Å². The molecule has 3 nitrogen and oxygen atoms in total. The van der Waals surface area contributed by atoms with Gasteiger partial charge in [-0.3, -0.25) is 4.79 Å². The number of amides is 1. The molecule has 0 aromatic heterocycles. The smallest absolute Gasteiger partial charge is 0.222 e. The first-order chi connectivity index (χ1) is 12.2. The van der Waals surface area contributed by atoms with E-state index in [1.807, 2.05) is 65.6 Å². The number of hydrogen-bond donors (Lipinski definition) is 1. The summed E-state index contributed by atoms with van der Waals surface area (Å²) in [5.41, 5.74) is 0.711. The first kappa shape index (κ1) is 17.7. The van der Waals surface area contributed by atoms with Gasteiger partial charge in [-0.15, -0.1) is 0 Å². The van der Waals surface area contributed by atoms with Crippen LogP contribution < -0.4 is 0 Å². The molecule has 1 aliphatic rings. The Hall–Kier alpha value is -2.13. The van der Waals surface area contributed by atoms with Gasteiger partial charge in [-0.2, -0.15) is 0 Å². The number of aliphatic hydroxyl groups is 1. The second-order valence-corrected chi connectivity index (χ2v) is 6.89. The topological polar surface area (TPSA) is 40.5 Å². The Kier molecular flexibility index (Phi) is 5.87. The van der Waals surface area contributed by atoms with E-state index in [-0.39, 0.29) is 5.91 Å². The minimum atomic E-state index is -1.05. The highest BCUT2D eigenvalue weighted by atomic mass is 16.3. The Morgan fingerprint density at radius 2 is 1.40 bits per heavy atom. The van der Waals surface area contributed by atoms with Gasteiger partial charge < -0.3 is 10.0 Å². The first-order valence-electron chi connectivity index (χ1n) is 9.31. The Labute approximate surface area is 150 Å². The molecule has 0 unspecified atom stereocenters. The Morgan fingerprint density at radius 1 is 0.880 bits per heavy atom. The Morgan fingerprint density at radius 3 is 1.92 bits per heavy atom. The summed E-state index contributed by atoms with van der Waals surface area (Å²) in [6.45, 7) is 1.78. The first-order valence-corrected chi connectivity index (χ1v) is 9.31. The van der Waals surface area contributed by atoms with Crippen LogP contribution in [0.1, 0.15) is 49.7 Å². The van der Waals surface area contributed by atoms with Gasteiger partial charge in [-0.05, 0) is 43.2 Å². The molecule has 132 valence electrons. The van der Waals surface area contributed by atoms with Crippen molar-refractivity contribution in [2.45, 2.75) is 44.1 Å². The number of carbonyl (C=O) groups excluding carboxylic acids is 1. The molecule has 0 atom stereocenters. The molecule has 1 aliphatic heterocycles. The average molecular weight is 337 g/mol. The lowest BCUT2D eigenvalue weighted by Gasteiger charge is -2.30. The van der Waals surface area contributed by atoms with Gasteiger partial charge >= 0.3 is 0 Å². The summed E-state index contributed by atoms with van der Waals surface area (Å²) in [5.74, 6) is 0.225. The third-order valence-corrected chi connectivity index (χ3v) is 5.14. The van der Waals surface area contributed by atoms with Crippen LogP contribution in [0.5, 0.6) is 0 Å². The predicted molar refractivity (Wildman–Crippen MR) is 100 cm³/mol. The van der Waals surface area contributed by atoms with Crippen LogP contribution >= 0.6 is 0 Å². The maximum absolute atomic E-state index is 12.4. The van der Waals surface area contributed by atoms with E-state index in [4.69, 9.17) is 0 Å². The number of hydrogen-bond acceptors (Lipinski definition) is 2. The Balaban J connectivity index is 1.69. The molecule has 25 heavy (non-hydrogen) atoms. The van der Waals surface area contributed by atoms with Crippen molar-refractivity contribution in [2.24, 2.45) is 0 Å². The molecule has 1 N–H and O–H groups in total. The van der Waals surface area contributed by atoms with Crippen LogP contribution in [-0.4, -0.2) is 29.0 Å². The highest BCUT2D eigenvalue weighted by Crippen LogP contribution is 2.34. The average Bonchev–Trinajstić information content (AvgIpc) is 2.70. The Bertz CT molecular complexity index is 623. The molecule has 2 aromatic rings. The molecule has 1 heterocycles. The number of rotatable bonds is 6. The van der Waals surface area contributed by atoms with Crippen molar-refractivity contribution in [3.8, 4) is 0 Å². The highest BCUT2D eigenvalue weighted by Gasteiger charge is 2.31. The van der Waals surface area contributed by atoms with Gasteiger partial charge in [0.15, 0.2) is 0 Å². The van der Waals surface area contributed by atoms with Gasteiger partial charge in [-0.25, -0.2) is 0 Å². The summed E-state index contributed by atoms with van der Waals surface area (Å²) in [6.07, 6.45) is 5.18. The second-order valence-electron chi connectivity index (χ2n) is 6.89. The predicted octanol–water partition coefficient (Wildman–Crippen LogP) is 4.11. The van der Waals surface area contributed by atoms with Crippen LogP contribution in [-0.2, 0) is 10.4 Å². The second kappa shape index (κ2) is 8.30. The minimum Gasteiger partial charge on any atom is -0.380 e. The van der Waals surface area contributed by atoms with E-state index in [0.29, 0.717) is 19.3 Å². The van der Waals surface area contributed by atoms with Crippen LogP contribution in [0.3, 0.4) is 0 Å². The molecule has 1 amide bonds. The van der Waals surface area contributed by atoms with Gasteiger partial charge in [0, 0.05) is 19.5 Å². The van der Waals surface area contributed by atoms with Crippen LogP contribution in [0.25, 0.3) is 0 Å². The maximum Gasteiger partial charge on any atom is 0.222 e. The zero-order valence-electron chi connectivity index (χ0n) is 14.7. The van der Waals surface area contributed by atoms with Crippen molar-refractivity contribution in [1.29, 1.82) is 0 Å². The van der Waals surface area contributed by atoms with E-state index < -0.39 is 5.60 Å². The van der Waals surface area contributed by atoms with Crippen LogP contribution in [0.4, 0.5) is 0 Å². The van der Waals surface area contributed by atoms with Crippen LogP contribution in [0.15, 0.2) is 60.7 Å². The third kappa shape index (κ3) is 4.29. The summed E-state index contributed by atoms with van der Waals surface area (Å²) in [5, 5.41) is 11.5. The molecule has 0 radical (unpaired) electrons. The molecule has 2 aromatic carbocycles. The van der Waals surface area contributed by atoms with Crippen LogP contribution in [0.2, 0.25) is 0 Å². The monoisotopic (exact) mass is 337 g/mol. The number of carbonyl (C=O) groups is 1. The van der Waals surface area contributed by atoms with Gasteiger partial charge in [0.2, 0.25) is 5.91 Å². The lowest BCUT2D eigenvalue weighted by molar-refractivity contribution is -0.132. The highest BCUT2D eigenvalue weighted by molar-refractivity contribution is 5.76. The zero-order valence-corrected chi connectivity index (χ0v) is 14.7. The van der Waals surface area contributed by atoms with Gasteiger partial charge in [0.25, 0.3) is 0 Å². The SMILES string of the molecule is O=C(CCCC(O)(c1ccccc1)c1ccccc1)N1CCCCC1. The van der Waals surface area contributed by atoms with Crippen molar-refractivity contribution < 1.29 is 9.90 Å². The van der Waals surface area contributed by atoms with E-state index in [2.05, 4.69) is 0 Å². The molecule has 0 bridgehead atoms. The fourth-order valence-electron chi connectivity index (χ4n) is 3.68. The summed E-state index contributed by atoms with van der Waals surface area (Å²) >= 11 is 0. The minimum absolute atomic E-state index is 0.225. The van der Waals surface area contributed by atoms with Gasteiger partial charge in [0.05, 0.1) is 0 Å². The largest absolute Gasteiger partial charge is 0.380 e. The number of benzene rings is 2. The normalized spacial score (nSPS) is 15.2. The van der Waals surface area contributed by atoms with Crippen molar-refractivity contribution in [3.05, 3.63) is 71.8 Å². The van der Waals surface area contributed by atoms with Crippen molar-refractivity contribution >= 4 is 5.91 Å². The standard InChI is InChI=1S/C22H27NO2/c24-21(23-17-8-3-9-18-23)15-10-16-22(25,19-11-4-1-5-12-19)20-13-6-2-7-14-20/h1-2,4-7,11-14,25H,3,8-10,15-18H2. The number of likely N-dealkylation sites (tertiary alicyclic amines) is 1. The van der Waals surface area contributed by atoms with Gasteiger partial charge in [-0.1, -0.05) is 60.7 Å². The summed E-state index contributed by atoms with van der Waals surface area (Å²) < 4.78 is 0. The van der Waals surface area contributed by atoms with Crippen molar-refractivity contribution in [2.75, 3.05) is 13.1 Å². The van der Waals surface area contributed by atoms with E-state index in [0.717, 1.165) is 37.1 Å². The lowest BCUT2D eigenvalue weighted by Crippen LogP contribution is -2.36. The maximum atomic E-state index is 12.4. The quantitative estimate of drug-likeness (QED) is 0.862. The molecule has 3 heteroatoms. The molecule has 1 fully saturated rings. The summed E-state index contributed by atoms with van der Waals surface area (Å²) in [6, 6.07) is 19.5. The van der Waals surface area contributed by atoms with E-state index in [9.17, 15) is 9.90 Å². The van der Waals surface area contributed by atoms with E-state index in [1.165, 1.54) is 6.42 Å². The molecular weight excluding hydrogens is 310 g/mol. The summed E-state index contributed by atoms with van der Waals surface area (Å²) in [7, 11) is 0.